The Morgan fingerprint density at radius 1 is 1.03 bits per heavy atom. The van der Waals surface area contributed by atoms with Crippen LogP contribution in [0.3, 0.4) is 0 Å². The van der Waals surface area contributed by atoms with E-state index in [0.717, 1.165) is 6.26 Å². The Balaban J connectivity index is 1.63. The lowest BCUT2D eigenvalue weighted by Crippen LogP contribution is -2.26. The summed E-state index contributed by atoms with van der Waals surface area (Å²) in [5.74, 6) is 1.20. The largest absolute Gasteiger partial charge is 0.492 e. The highest BCUT2D eigenvalue weighted by Crippen LogP contribution is 2.25. The van der Waals surface area contributed by atoms with Crippen molar-refractivity contribution in [2.45, 2.75) is 0 Å². The molecule has 1 N–H and O–H groups in total. The third-order valence-electron chi connectivity index (χ3n) is 4.87. The zero-order valence-electron chi connectivity index (χ0n) is 19.1. The molecule has 0 radical (unpaired) electrons. The second-order valence-corrected chi connectivity index (χ2v) is 9.30. The van der Waals surface area contributed by atoms with Crippen molar-refractivity contribution in [3.05, 3.63) is 84.3 Å². The van der Waals surface area contributed by atoms with Crippen LogP contribution in [0.4, 0.5) is 0 Å². The van der Waals surface area contributed by atoms with E-state index in [2.05, 4.69) is 19.8 Å². The van der Waals surface area contributed by atoms with Crippen LogP contribution < -0.4 is 14.2 Å². The third-order valence-corrected chi connectivity index (χ3v) is 5.60. The quantitative estimate of drug-likeness (QED) is 0.264. The Hall–Kier alpha value is -4.09. The van der Waals surface area contributed by atoms with Crippen LogP contribution in [0.5, 0.6) is 11.6 Å². The number of pyridine rings is 1. The van der Waals surface area contributed by atoms with E-state index >= 15 is 0 Å². The summed E-state index contributed by atoms with van der Waals surface area (Å²) in [4.78, 5) is 21.8. The van der Waals surface area contributed by atoms with Crippen molar-refractivity contribution in [3.8, 4) is 28.7 Å². The second kappa shape index (κ2) is 10.5. The van der Waals surface area contributed by atoms with Gasteiger partial charge >= 0.3 is 0 Å². The van der Waals surface area contributed by atoms with Crippen LogP contribution in [0.1, 0.15) is 16.2 Å². The number of nitrogens with one attached hydrogen (secondary N) is 1. The minimum Gasteiger partial charge on any atom is -0.492 e. The lowest BCUT2D eigenvalue weighted by molar-refractivity contribution is 0.102. The van der Waals surface area contributed by atoms with E-state index in [-0.39, 0.29) is 24.8 Å². The van der Waals surface area contributed by atoms with E-state index in [0.29, 0.717) is 34.3 Å². The molecule has 0 spiro atoms. The Kier molecular flexibility index (Phi) is 7.18. The molecule has 0 fully saturated rings. The van der Waals surface area contributed by atoms with Crippen LogP contribution in [0, 0.1) is 0 Å². The van der Waals surface area contributed by atoms with Crippen LogP contribution in [-0.4, -0.2) is 60.5 Å². The Morgan fingerprint density at radius 2 is 1.77 bits per heavy atom. The first-order valence-corrected chi connectivity index (χ1v) is 12.5. The maximum absolute atomic E-state index is 13.0. The van der Waals surface area contributed by atoms with Crippen molar-refractivity contribution in [3.63, 3.8) is 0 Å². The zero-order valence-corrected chi connectivity index (χ0v) is 19.9. The first-order chi connectivity index (χ1) is 16.8. The molecule has 35 heavy (non-hydrogen) atoms. The van der Waals surface area contributed by atoms with Gasteiger partial charge in [-0.2, -0.15) is 0 Å². The fourth-order valence-corrected chi connectivity index (χ4v) is 3.66. The van der Waals surface area contributed by atoms with Gasteiger partial charge in [0.15, 0.2) is 5.82 Å². The molecule has 0 aliphatic rings. The highest BCUT2D eigenvalue weighted by atomic mass is 32.2. The van der Waals surface area contributed by atoms with Crippen molar-refractivity contribution >= 4 is 15.8 Å². The molecule has 11 heteroatoms. The normalized spacial score (nSPS) is 11.3. The fourth-order valence-electron chi connectivity index (χ4n) is 3.21. The van der Waals surface area contributed by atoms with Gasteiger partial charge in [-0.3, -0.25) is 4.79 Å². The van der Waals surface area contributed by atoms with Gasteiger partial charge in [0.25, 0.3) is 0 Å². The van der Waals surface area contributed by atoms with Crippen LogP contribution in [0.25, 0.3) is 17.1 Å². The summed E-state index contributed by atoms with van der Waals surface area (Å²) < 4.78 is 36.9. The Morgan fingerprint density at radius 3 is 2.40 bits per heavy atom. The molecule has 4 aromatic rings. The van der Waals surface area contributed by atoms with Crippen molar-refractivity contribution in [2.24, 2.45) is 0 Å². The first kappa shape index (κ1) is 24.0. The minimum absolute atomic E-state index is 0.0502. The maximum atomic E-state index is 13.0. The number of ketones is 1. The lowest BCUT2D eigenvalue weighted by atomic mass is 10.1. The molecule has 0 unspecified atom stereocenters. The maximum Gasteiger partial charge on any atom is 0.232 e. The molecule has 0 bridgehead atoms. The standard InChI is InChI=1S/C24H23N5O5S/c1-33-21-13-10-19(16-25-21)29-24(27-23(28-29)22(30)17-6-4-3-5-7-17)18-8-11-20(12-9-18)34-15-14-26-35(2,31)32/h3-13,16,26H,14-15H2,1-2H3. The number of ether oxygens (including phenoxy) is 2. The molecule has 0 saturated carbocycles. The zero-order chi connectivity index (χ0) is 24.8. The molecular formula is C24H23N5O5S. The Labute approximate surface area is 202 Å². The summed E-state index contributed by atoms with van der Waals surface area (Å²) >= 11 is 0. The fraction of sp³-hybridized carbons (Fsp3) is 0.167. The SMILES string of the molecule is COc1ccc(-n2nc(C(=O)c3ccccc3)nc2-c2ccc(OCCNS(C)(=O)=O)cc2)cn1. The topological polar surface area (TPSA) is 125 Å². The van der Waals surface area contributed by atoms with Gasteiger partial charge in [-0.1, -0.05) is 30.3 Å². The van der Waals surface area contributed by atoms with E-state index in [1.165, 1.54) is 7.11 Å². The van der Waals surface area contributed by atoms with E-state index in [4.69, 9.17) is 9.47 Å². The molecule has 0 saturated heterocycles. The number of nitrogens with zero attached hydrogens (tertiary/aromatic N) is 4. The monoisotopic (exact) mass is 493 g/mol. The predicted octanol–water partition coefficient (Wildman–Crippen LogP) is 2.50. The van der Waals surface area contributed by atoms with E-state index in [9.17, 15) is 13.2 Å². The summed E-state index contributed by atoms with van der Waals surface area (Å²) in [5.41, 5.74) is 1.78. The summed E-state index contributed by atoms with van der Waals surface area (Å²) in [5, 5.41) is 4.47. The molecule has 2 heterocycles. The van der Waals surface area contributed by atoms with E-state index in [1.807, 2.05) is 6.07 Å². The molecule has 0 aliphatic carbocycles. The number of carbonyl (C=O) groups is 1. The predicted molar refractivity (Wildman–Crippen MR) is 129 cm³/mol. The van der Waals surface area contributed by atoms with Gasteiger partial charge in [0.1, 0.15) is 12.4 Å². The number of benzene rings is 2. The van der Waals surface area contributed by atoms with E-state index < -0.39 is 10.0 Å². The van der Waals surface area contributed by atoms with Crippen molar-refractivity contribution in [1.82, 2.24) is 24.5 Å². The number of aromatic nitrogens is 4. The van der Waals surface area contributed by atoms with Gasteiger partial charge < -0.3 is 9.47 Å². The molecule has 180 valence electrons. The summed E-state index contributed by atoms with van der Waals surface area (Å²) in [6.07, 6.45) is 2.67. The van der Waals surface area contributed by atoms with Crippen LogP contribution in [0.15, 0.2) is 72.9 Å². The highest BCUT2D eigenvalue weighted by Gasteiger charge is 2.20. The third kappa shape index (κ3) is 6.08. The molecule has 4 rings (SSSR count). The number of methoxy groups -OCH3 is 1. The molecule has 0 aliphatic heterocycles. The van der Waals surface area contributed by atoms with E-state index in [1.54, 1.807) is 71.5 Å². The van der Waals surface area contributed by atoms with Crippen molar-refractivity contribution < 1.29 is 22.7 Å². The number of hydrogen-bond donors (Lipinski definition) is 1. The number of carbonyl (C=O) groups excluding carboxylic acids is 1. The number of sulfonamides is 1. The van der Waals surface area contributed by atoms with Gasteiger partial charge in [0.2, 0.25) is 27.5 Å². The smallest absolute Gasteiger partial charge is 0.232 e. The second-order valence-electron chi connectivity index (χ2n) is 7.46. The average Bonchev–Trinajstić information content (AvgIpc) is 3.32. The van der Waals surface area contributed by atoms with Gasteiger partial charge in [-0.15, -0.1) is 5.10 Å². The van der Waals surface area contributed by atoms with Crippen LogP contribution in [-0.2, 0) is 10.0 Å². The number of hydrogen-bond acceptors (Lipinski definition) is 8. The van der Waals surface area contributed by atoms with Crippen LogP contribution >= 0.6 is 0 Å². The molecule has 0 atom stereocenters. The van der Waals surface area contributed by atoms with Gasteiger partial charge in [-0.25, -0.2) is 27.8 Å². The lowest BCUT2D eigenvalue weighted by Gasteiger charge is -2.09. The summed E-state index contributed by atoms with van der Waals surface area (Å²) in [6.45, 7) is 0.334. The minimum atomic E-state index is -3.27. The molecule has 10 nitrogen and oxygen atoms in total. The number of rotatable bonds is 10. The van der Waals surface area contributed by atoms with Crippen LogP contribution in [0.2, 0.25) is 0 Å². The van der Waals surface area contributed by atoms with Crippen molar-refractivity contribution in [1.29, 1.82) is 0 Å². The van der Waals surface area contributed by atoms with Crippen molar-refractivity contribution in [2.75, 3.05) is 26.5 Å². The van der Waals surface area contributed by atoms with Gasteiger partial charge in [-0.05, 0) is 30.3 Å². The highest BCUT2D eigenvalue weighted by molar-refractivity contribution is 7.88. The van der Waals surface area contributed by atoms with Gasteiger partial charge in [0.05, 0.1) is 25.2 Å². The summed E-state index contributed by atoms with van der Waals surface area (Å²) in [6, 6.07) is 19.3. The molecular weight excluding hydrogens is 470 g/mol. The average molecular weight is 494 g/mol. The molecule has 2 aromatic heterocycles. The summed E-state index contributed by atoms with van der Waals surface area (Å²) in [7, 11) is -1.74. The molecule has 2 aromatic carbocycles. The first-order valence-electron chi connectivity index (χ1n) is 10.6. The Bertz CT molecular complexity index is 1400. The molecule has 0 amide bonds. The van der Waals surface area contributed by atoms with Gasteiger partial charge in [0, 0.05) is 23.7 Å².